The van der Waals surface area contributed by atoms with Gasteiger partial charge in [0.1, 0.15) is 5.54 Å². The van der Waals surface area contributed by atoms with Gasteiger partial charge in [0, 0.05) is 26.2 Å². The largest absolute Gasteiger partial charge is 0.335 e. The molecule has 148 valence electrons. The Morgan fingerprint density at radius 2 is 1.96 bits per heavy atom. The summed E-state index contributed by atoms with van der Waals surface area (Å²) < 4.78 is 0. The molecule has 0 spiro atoms. The van der Waals surface area contributed by atoms with Gasteiger partial charge in [0.05, 0.1) is 11.5 Å². The van der Waals surface area contributed by atoms with Crippen LogP contribution in [0.15, 0.2) is 17.5 Å². The Morgan fingerprint density at radius 3 is 2.56 bits per heavy atom. The number of thiophene rings is 1. The second-order valence-electron chi connectivity index (χ2n) is 7.96. The van der Waals surface area contributed by atoms with E-state index < -0.39 is 5.54 Å². The van der Waals surface area contributed by atoms with Crippen molar-refractivity contribution in [2.24, 2.45) is 5.92 Å². The van der Waals surface area contributed by atoms with Gasteiger partial charge in [-0.1, -0.05) is 19.9 Å². The maximum Gasteiger partial charge on any atom is 0.326 e. The Morgan fingerprint density at radius 1 is 1.26 bits per heavy atom. The zero-order valence-electron chi connectivity index (χ0n) is 16.2. The van der Waals surface area contributed by atoms with Crippen molar-refractivity contribution in [3.63, 3.8) is 0 Å². The minimum atomic E-state index is -0.807. The molecule has 27 heavy (non-hydrogen) atoms. The molecule has 1 aromatic rings. The fraction of sp³-hybridized carbons (Fsp3) is 0.632. The Kier molecular flexibility index (Phi) is 5.86. The Balaban J connectivity index is 1.53. The van der Waals surface area contributed by atoms with Crippen molar-refractivity contribution in [1.29, 1.82) is 0 Å². The smallest absolute Gasteiger partial charge is 0.326 e. The van der Waals surface area contributed by atoms with E-state index >= 15 is 0 Å². The maximum absolute atomic E-state index is 12.8. The molecule has 0 radical (unpaired) electrons. The van der Waals surface area contributed by atoms with E-state index in [2.05, 4.69) is 24.1 Å². The topological polar surface area (TPSA) is 73.0 Å². The van der Waals surface area contributed by atoms with E-state index in [1.165, 1.54) is 16.2 Å². The van der Waals surface area contributed by atoms with Crippen LogP contribution in [0.5, 0.6) is 0 Å². The second kappa shape index (κ2) is 7.98. The number of piperazine rings is 1. The number of nitrogens with zero attached hydrogens (tertiary/aromatic N) is 3. The summed E-state index contributed by atoms with van der Waals surface area (Å²) in [6.45, 7) is 8.82. The molecule has 2 fully saturated rings. The number of hydrogen-bond donors (Lipinski definition) is 1. The van der Waals surface area contributed by atoms with Gasteiger partial charge >= 0.3 is 6.03 Å². The molecule has 1 atom stereocenters. The lowest BCUT2D eigenvalue weighted by molar-refractivity contribution is -0.132. The first-order valence-corrected chi connectivity index (χ1v) is 10.4. The van der Waals surface area contributed by atoms with E-state index in [-0.39, 0.29) is 24.5 Å². The highest BCUT2D eigenvalue weighted by molar-refractivity contribution is 7.12. The molecular formula is C19H28N4O3S. The van der Waals surface area contributed by atoms with Gasteiger partial charge in [-0.3, -0.25) is 14.5 Å². The summed E-state index contributed by atoms with van der Waals surface area (Å²) in [5.41, 5.74) is -0.807. The summed E-state index contributed by atoms with van der Waals surface area (Å²) >= 11 is 1.45. The molecule has 7 nitrogen and oxygen atoms in total. The molecule has 2 aliphatic heterocycles. The van der Waals surface area contributed by atoms with Crippen molar-refractivity contribution in [3.05, 3.63) is 22.4 Å². The Bertz CT molecular complexity index is 698. The van der Waals surface area contributed by atoms with Crippen LogP contribution in [-0.4, -0.2) is 70.9 Å². The molecule has 0 aliphatic carbocycles. The van der Waals surface area contributed by atoms with Gasteiger partial charge < -0.3 is 10.2 Å². The summed E-state index contributed by atoms with van der Waals surface area (Å²) in [6.07, 6.45) is 1.54. The van der Waals surface area contributed by atoms with Gasteiger partial charge in [0.25, 0.3) is 11.8 Å². The van der Waals surface area contributed by atoms with Gasteiger partial charge in [-0.2, -0.15) is 0 Å². The minimum absolute atomic E-state index is 0.0564. The van der Waals surface area contributed by atoms with Crippen LogP contribution in [0.25, 0.3) is 0 Å². The van der Waals surface area contributed by atoms with Crippen molar-refractivity contribution in [3.8, 4) is 0 Å². The lowest BCUT2D eigenvalue weighted by Crippen LogP contribution is -2.53. The zero-order chi connectivity index (χ0) is 19.6. The predicted molar refractivity (Wildman–Crippen MR) is 105 cm³/mol. The average Bonchev–Trinajstić information content (AvgIpc) is 3.24. The first kappa shape index (κ1) is 19.8. The number of urea groups is 1. The average molecular weight is 393 g/mol. The highest BCUT2D eigenvalue weighted by Crippen LogP contribution is 2.25. The highest BCUT2D eigenvalue weighted by atomic mass is 32.1. The SMILES string of the molecule is CC(C)CC[C@]1(C)NC(=O)N(CN2CCN(C(=O)c3cccs3)CC2)C1=O. The van der Waals surface area contributed by atoms with Gasteiger partial charge in [0.2, 0.25) is 0 Å². The molecule has 1 N–H and O–H groups in total. The normalized spacial score (nSPS) is 24.0. The van der Waals surface area contributed by atoms with Gasteiger partial charge in [-0.15, -0.1) is 11.3 Å². The number of carbonyl (C=O) groups excluding carboxylic acids is 3. The maximum atomic E-state index is 12.8. The van der Waals surface area contributed by atoms with Crippen LogP contribution >= 0.6 is 11.3 Å². The van der Waals surface area contributed by atoms with E-state index in [9.17, 15) is 14.4 Å². The van der Waals surface area contributed by atoms with Gasteiger partial charge in [0.15, 0.2) is 0 Å². The zero-order valence-corrected chi connectivity index (χ0v) is 17.1. The lowest BCUT2D eigenvalue weighted by Gasteiger charge is -2.36. The van der Waals surface area contributed by atoms with Crippen LogP contribution < -0.4 is 5.32 Å². The first-order chi connectivity index (χ1) is 12.8. The molecule has 1 aromatic heterocycles. The van der Waals surface area contributed by atoms with Crippen molar-refractivity contribution >= 4 is 29.2 Å². The second-order valence-corrected chi connectivity index (χ2v) is 8.90. The summed E-state index contributed by atoms with van der Waals surface area (Å²) in [5.74, 6) is 0.390. The van der Waals surface area contributed by atoms with Crippen LogP contribution in [0.1, 0.15) is 43.3 Å². The lowest BCUT2D eigenvalue weighted by atomic mass is 9.92. The molecule has 3 heterocycles. The standard InChI is InChI=1S/C19H28N4O3S/c1-14(2)6-7-19(3)17(25)23(18(26)20-19)13-21-8-10-22(11-9-21)16(24)15-5-4-12-27-15/h4-5,12,14H,6-11,13H2,1-3H3,(H,20,26)/t19-/m0/s1. The van der Waals surface area contributed by atoms with Crippen LogP contribution in [0, 0.1) is 5.92 Å². The Hall–Kier alpha value is -1.93. The number of amides is 4. The van der Waals surface area contributed by atoms with E-state index in [1.807, 2.05) is 29.3 Å². The van der Waals surface area contributed by atoms with Crippen molar-refractivity contribution < 1.29 is 14.4 Å². The number of nitrogens with one attached hydrogen (secondary N) is 1. The fourth-order valence-corrected chi connectivity index (χ4v) is 4.16. The fourth-order valence-electron chi connectivity index (χ4n) is 3.47. The molecule has 0 saturated carbocycles. The highest BCUT2D eigenvalue weighted by Gasteiger charge is 2.47. The van der Waals surface area contributed by atoms with Gasteiger partial charge in [-0.25, -0.2) is 9.69 Å². The van der Waals surface area contributed by atoms with Crippen molar-refractivity contribution in [2.75, 3.05) is 32.8 Å². The minimum Gasteiger partial charge on any atom is -0.335 e. The third-order valence-corrected chi connectivity index (χ3v) is 6.16. The van der Waals surface area contributed by atoms with Crippen molar-refractivity contribution in [2.45, 2.75) is 39.2 Å². The molecule has 0 unspecified atom stereocenters. The molecule has 0 bridgehead atoms. The molecule has 2 aliphatic rings. The van der Waals surface area contributed by atoms with E-state index in [1.54, 1.807) is 0 Å². The monoisotopic (exact) mass is 392 g/mol. The number of rotatable bonds is 6. The Labute approximate surface area is 164 Å². The number of carbonyl (C=O) groups is 3. The molecule has 8 heteroatoms. The third-order valence-electron chi connectivity index (χ3n) is 5.30. The number of imide groups is 1. The van der Waals surface area contributed by atoms with Crippen LogP contribution in [0.2, 0.25) is 0 Å². The molecule has 3 rings (SSSR count). The quantitative estimate of drug-likeness (QED) is 0.754. The van der Waals surface area contributed by atoms with Crippen LogP contribution in [-0.2, 0) is 4.79 Å². The van der Waals surface area contributed by atoms with Gasteiger partial charge in [-0.05, 0) is 37.1 Å². The molecule has 4 amide bonds. The summed E-state index contributed by atoms with van der Waals surface area (Å²) in [4.78, 5) is 43.5. The first-order valence-electron chi connectivity index (χ1n) is 9.49. The van der Waals surface area contributed by atoms with Crippen LogP contribution in [0.4, 0.5) is 4.79 Å². The molecule has 2 saturated heterocycles. The molecule has 0 aromatic carbocycles. The van der Waals surface area contributed by atoms with E-state index in [4.69, 9.17) is 0 Å². The third kappa shape index (κ3) is 4.32. The van der Waals surface area contributed by atoms with Crippen molar-refractivity contribution in [1.82, 2.24) is 20.0 Å². The van der Waals surface area contributed by atoms with Crippen LogP contribution in [0.3, 0.4) is 0 Å². The number of hydrogen-bond acceptors (Lipinski definition) is 5. The van der Waals surface area contributed by atoms with E-state index in [0.717, 1.165) is 11.3 Å². The summed E-state index contributed by atoms with van der Waals surface area (Å²) in [5, 5.41) is 4.77. The summed E-state index contributed by atoms with van der Waals surface area (Å²) in [6, 6.07) is 3.40. The van der Waals surface area contributed by atoms with E-state index in [0.29, 0.717) is 38.5 Å². The summed E-state index contributed by atoms with van der Waals surface area (Å²) in [7, 11) is 0. The molecular weight excluding hydrogens is 364 g/mol. The predicted octanol–water partition coefficient (Wildman–Crippen LogP) is 2.21.